The molecule has 2 saturated carbocycles. The van der Waals surface area contributed by atoms with Crippen LogP contribution in [0.5, 0.6) is 0 Å². The van der Waals surface area contributed by atoms with Gasteiger partial charge in [-0.2, -0.15) is 0 Å². The summed E-state index contributed by atoms with van der Waals surface area (Å²) in [5.74, 6) is 2.12. The molecule has 0 aromatic heterocycles. The van der Waals surface area contributed by atoms with E-state index in [0.29, 0.717) is 6.04 Å². The summed E-state index contributed by atoms with van der Waals surface area (Å²) in [6, 6.07) is 0.466. The first-order valence-corrected chi connectivity index (χ1v) is 8.01. The third-order valence-electron chi connectivity index (χ3n) is 4.96. The molecule has 0 atom stereocenters. The van der Waals surface area contributed by atoms with Crippen molar-refractivity contribution in [3.8, 4) is 0 Å². The Morgan fingerprint density at radius 1 is 0.889 bits per heavy atom. The van der Waals surface area contributed by atoms with Gasteiger partial charge in [0, 0.05) is 13.0 Å². The molecule has 2 heteroatoms. The molecular formula is C16H29NO. The summed E-state index contributed by atoms with van der Waals surface area (Å²) in [5.41, 5.74) is 0. The summed E-state index contributed by atoms with van der Waals surface area (Å²) in [6.45, 7) is 1.63. The Kier molecular flexibility index (Phi) is 5.52. The minimum absolute atomic E-state index is 0.139. The van der Waals surface area contributed by atoms with Gasteiger partial charge in [0.15, 0.2) is 0 Å². The van der Waals surface area contributed by atoms with E-state index in [1.165, 1.54) is 70.6 Å². The van der Waals surface area contributed by atoms with Gasteiger partial charge in [-0.05, 0) is 37.5 Å². The Bertz CT molecular complexity index is 250. The molecule has 2 aliphatic rings. The molecule has 0 spiro atoms. The van der Waals surface area contributed by atoms with Gasteiger partial charge in [0.05, 0.1) is 0 Å². The van der Waals surface area contributed by atoms with Crippen molar-refractivity contribution in [1.29, 1.82) is 0 Å². The maximum atomic E-state index is 11.0. The minimum Gasteiger partial charge on any atom is -0.354 e. The van der Waals surface area contributed by atoms with Crippen LogP contribution in [-0.2, 0) is 4.79 Å². The van der Waals surface area contributed by atoms with E-state index in [-0.39, 0.29) is 5.91 Å². The quantitative estimate of drug-likeness (QED) is 0.802. The largest absolute Gasteiger partial charge is 0.354 e. The lowest BCUT2D eigenvalue weighted by Crippen LogP contribution is -2.36. The molecule has 0 heterocycles. The van der Waals surface area contributed by atoms with Crippen LogP contribution >= 0.6 is 0 Å². The summed E-state index contributed by atoms with van der Waals surface area (Å²) in [7, 11) is 0. The standard InChI is InChI=1S/C16H29NO/c1-13(18)17-16-11-9-15(10-12-16)8-7-14-5-3-2-4-6-14/h14-16H,2-12H2,1H3,(H,17,18). The Hall–Kier alpha value is -0.530. The van der Waals surface area contributed by atoms with E-state index in [9.17, 15) is 4.79 Å². The van der Waals surface area contributed by atoms with Gasteiger partial charge in [0.2, 0.25) is 5.91 Å². The summed E-state index contributed by atoms with van der Waals surface area (Å²) in [6.07, 6.45) is 15.4. The fraction of sp³-hybridized carbons (Fsp3) is 0.938. The van der Waals surface area contributed by atoms with Gasteiger partial charge in [-0.25, -0.2) is 0 Å². The van der Waals surface area contributed by atoms with Gasteiger partial charge < -0.3 is 5.32 Å². The molecule has 1 amide bonds. The van der Waals surface area contributed by atoms with E-state index in [1.807, 2.05) is 0 Å². The Balaban J connectivity index is 1.59. The second-order valence-electron chi connectivity index (χ2n) is 6.50. The van der Waals surface area contributed by atoms with Crippen molar-refractivity contribution < 1.29 is 4.79 Å². The number of hydrogen-bond donors (Lipinski definition) is 1. The summed E-state index contributed by atoms with van der Waals surface area (Å²) < 4.78 is 0. The van der Waals surface area contributed by atoms with Crippen LogP contribution in [0.15, 0.2) is 0 Å². The molecule has 0 saturated heterocycles. The monoisotopic (exact) mass is 251 g/mol. The van der Waals surface area contributed by atoms with Crippen LogP contribution in [0.1, 0.15) is 77.6 Å². The zero-order valence-corrected chi connectivity index (χ0v) is 11.9. The molecule has 0 radical (unpaired) electrons. The van der Waals surface area contributed by atoms with Crippen LogP contribution in [-0.4, -0.2) is 11.9 Å². The first-order valence-electron chi connectivity index (χ1n) is 8.01. The van der Waals surface area contributed by atoms with Crippen molar-refractivity contribution in [3.05, 3.63) is 0 Å². The number of nitrogens with one attached hydrogen (secondary N) is 1. The van der Waals surface area contributed by atoms with Gasteiger partial charge in [-0.15, -0.1) is 0 Å². The molecule has 2 fully saturated rings. The fourth-order valence-corrected chi connectivity index (χ4v) is 3.83. The lowest BCUT2D eigenvalue weighted by molar-refractivity contribution is -0.119. The topological polar surface area (TPSA) is 29.1 Å². The molecule has 2 rings (SSSR count). The van der Waals surface area contributed by atoms with E-state index < -0.39 is 0 Å². The van der Waals surface area contributed by atoms with Gasteiger partial charge in [0.1, 0.15) is 0 Å². The van der Waals surface area contributed by atoms with E-state index in [1.54, 1.807) is 6.92 Å². The van der Waals surface area contributed by atoms with Crippen molar-refractivity contribution in [2.45, 2.75) is 83.6 Å². The molecule has 0 aromatic carbocycles. The first-order chi connectivity index (χ1) is 8.74. The molecular weight excluding hydrogens is 222 g/mol. The predicted molar refractivity (Wildman–Crippen MR) is 75.4 cm³/mol. The van der Waals surface area contributed by atoms with Crippen LogP contribution < -0.4 is 5.32 Å². The lowest BCUT2D eigenvalue weighted by Gasteiger charge is -2.30. The van der Waals surface area contributed by atoms with E-state index in [4.69, 9.17) is 0 Å². The number of rotatable bonds is 4. The van der Waals surface area contributed by atoms with Crippen LogP contribution in [0.4, 0.5) is 0 Å². The molecule has 18 heavy (non-hydrogen) atoms. The van der Waals surface area contributed by atoms with Gasteiger partial charge in [0.25, 0.3) is 0 Å². The Labute approximate surface area is 112 Å². The summed E-state index contributed by atoms with van der Waals surface area (Å²) in [5, 5.41) is 3.07. The normalized spacial score (nSPS) is 30.1. The smallest absolute Gasteiger partial charge is 0.217 e. The number of hydrogen-bond acceptors (Lipinski definition) is 1. The van der Waals surface area contributed by atoms with E-state index in [0.717, 1.165) is 11.8 Å². The van der Waals surface area contributed by atoms with Crippen LogP contribution in [0, 0.1) is 11.8 Å². The third kappa shape index (κ3) is 4.62. The minimum atomic E-state index is 0.139. The number of amides is 1. The van der Waals surface area contributed by atoms with Crippen molar-refractivity contribution in [3.63, 3.8) is 0 Å². The average Bonchev–Trinajstić information content (AvgIpc) is 2.38. The lowest BCUT2D eigenvalue weighted by atomic mass is 9.79. The second kappa shape index (κ2) is 7.16. The van der Waals surface area contributed by atoms with E-state index >= 15 is 0 Å². The molecule has 0 aliphatic heterocycles. The highest BCUT2D eigenvalue weighted by Crippen LogP contribution is 2.33. The molecule has 0 bridgehead atoms. The van der Waals surface area contributed by atoms with Gasteiger partial charge in [-0.3, -0.25) is 4.79 Å². The third-order valence-corrected chi connectivity index (χ3v) is 4.96. The van der Waals surface area contributed by atoms with Crippen LogP contribution in [0.25, 0.3) is 0 Å². The average molecular weight is 251 g/mol. The van der Waals surface area contributed by atoms with Gasteiger partial charge in [-0.1, -0.05) is 44.9 Å². The zero-order valence-electron chi connectivity index (χ0n) is 11.9. The highest BCUT2D eigenvalue weighted by atomic mass is 16.1. The molecule has 0 aromatic rings. The Morgan fingerprint density at radius 2 is 1.44 bits per heavy atom. The van der Waals surface area contributed by atoms with Crippen molar-refractivity contribution in [2.75, 3.05) is 0 Å². The number of carbonyl (C=O) groups excluding carboxylic acids is 1. The van der Waals surface area contributed by atoms with Crippen molar-refractivity contribution in [1.82, 2.24) is 5.32 Å². The van der Waals surface area contributed by atoms with Gasteiger partial charge >= 0.3 is 0 Å². The van der Waals surface area contributed by atoms with Crippen molar-refractivity contribution >= 4 is 5.91 Å². The highest BCUT2D eigenvalue weighted by Gasteiger charge is 2.22. The SMILES string of the molecule is CC(=O)NC1CCC(CCC2CCCCC2)CC1. The summed E-state index contributed by atoms with van der Waals surface area (Å²) >= 11 is 0. The molecule has 1 N–H and O–H groups in total. The maximum Gasteiger partial charge on any atom is 0.217 e. The molecule has 0 unspecified atom stereocenters. The zero-order chi connectivity index (χ0) is 12.8. The summed E-state index contributed by atoms with van der Waals surface area (Å²) in [4.78, 5) is 11.0. The second-order valence-corrected chi connectivity index (χ2v) is 6.50. The number of carbonyl (C=O) groups is 1. The van der Waals surface area contributed by atoms with Crippen LogP contribution in [0.2, 0.25) is 0 Å². The van der Waals surface area contributed by atoms with Crippen LogP contribution in [0.3, 0.4) is 0 Å². The molecule has 2 nitrogen and oxygen atoms in total. The fourth-order valence-electron chi connectivity index (χ4n) is 3.83. The maximum absolute atomic E-state index is 11.0. The Morgan fingerprint density at radius 3 is 2.00 bits per heavy atom. The highest BCUT2D eigenvalue weighted by molar-refractivity contribution is 5.73. The van der Waals surface area contributed by atoms with E-state index in [2.05, 4.69) is 5.32 Å². The predicted octanol–water partition coefficient (Wildman–Crippen LogP) is 4.04. The first kappa shape index (κ1) is 13.9. The molecule has 104 valence electrons. The van der Waals surface area contributed by atoms with Crippen molar-refractivity contribution in [2.24, 2.45) is 11.8 Å². The molecule has 2 aliphatic carbocycles.